The smallest absolute Gasteiger partial charge is 0.330 e. The van der Waals surface area contributed by atoms with Gasteiger partial charge in [0.15, 0.2) is 0 Å². The van der Waals surface area contributed by atoms with E-state index in [-0.39, 0.29) is 5.97 Å². The largest absolute Gasteiger partial charge is 0.466 e. The molecule has 0 aliphatic heterocycles. The molecule has 0 bridgehead atoms. The Hall–Kier alpha value is -1.09. The minimum Gasteiger partial charge on any atom is -0.466 e. The summed E-state index contributed by atoms with van der Waals surface area (Å²) in [5.41, 5.74) is 3.09. The van der Waals surface area contributed by atoms with E-state index in [0.29, 0.717) is 0 Å². The molecule has 0 heterocycles. The molecule has 2 aliphatic rings. The van der Waals surface area contributed by atoms with E-state index in [1.165, 1.54) is 18.8 Å². The molecule has 0 saturated carbocycles. The van der Waals surface area contributed by atoms with Crippen LogP contribution in [0.15, 0.2) is 22.8 Å². The van der Waals surface area contributed by atoms with Gasteiger partial charge < -0.3 is 9.84 Å². The summed E-state index contributed by atoms with van der Waals surface area (Å²) in [4.78, 5) is 11.0. The van der Waals surface area contributed by atoms with E-state index in [9.17, 15) is 9.90 Å². The van der Waals surface area contributed by atoms with Gasteiger partial charge in [0, 0.05) is 6.08 Å². The van der Waals surface area contributed by atoms with Crippen molar-refractivity contribution in [1.82, 2.24) is 0 Å². The Morgan fingerprint density at radius 3 is 2.93 bits per heavy atom. The first-order valence-corrected chi connectivity index (χ1v) is 4.94. The van der Waals surface area contributed by atoms with Crippen molar-refractivity contribution in [3.63, 3.8) is 0 Å². The second-order valence-corrected chi connectivity index (χ2v) is 3.74. The molecule has 0 amide bonds. The summed E-state index contributed by atoms with van der Waals surface area (Å²) in [5, 5.41) is 9.71. The highest BCUT2D eigenvalue weighted by atomic mass is 16.5. The Kier molecular flexibility index (Phi) is 2.42. The number of methoxy groups -OCH3 is 1. The van der Waals surface area contributed by atoms with Crippen molar-refractivity contribution in [1.29, 1.82) is 0 Å². The number of hydrogen-bond acceptors (Lipinski definition) is 3. The predicted molar refractivity (Wildman–Crippen MR) is 51.6 cm³/mol. The van der Waals surface area contributed by atoms with Crippen LogP contribution in [0.25, 0.3) is 0 Å². The van der Waals surface area contributed by atoms with Crippen LogP contribution in [0.4, 0.5) is 0 Å². The van der Waals surface area contributed by atoms with Gasteiger partial charge in [-0.15, -0.1) is 0 Å². The first-order valence-electron chi connectivity index (χ1n) is 4.94. The van der Waals surface area contributed by atoms with Crippen molar-refractivity contribution in [2.24, 2.45) is 0 Å². The summed E-state index contributed by atoms with van der Waals surface area (Å²) in [6, 6.07) is 0. The van der Waals surface area contributed by atoms with E-state index in [1.807, 2.05) is 0 Å². The van der Waals surface area contributed by atoms with Crippen molar-refractivity contribution < 1.29 is 14.6 Å². The molecule has 3 heteroatoms. The Balaban J connectivity index is 2.21. The SMILES string of the molecule is COC(=O)/C=C1\C2=C(CCCC2)C1O. The summed E-state index contributed by atoms with van der Waals surface area (Å²) in [6.45, 7) is 0. The maximum atomic E-state index is 11.0. The molecule has 0 spiro atoms. The van der Waals surface area contributed by atoms with Crippen molar-refractivity contribution in [3.8, 4) is 0 Å². The molecule has 0 aromatic carbocycles. The normalized spacial score (nSPS) is 28.4. The molecular weight excluding hydrogens is 180 g/mol. The minimum absolute atomic E-state index is 0.379. The first-order chi connectivity index (χ1) is 6.74. The number of aliphatic hydroxyl groups excluding tert-OH is 1. The van der Waals surface area contributed by atoms with Crippen LogP contribution >= 0.6 is 0 Å². The van der Waals surface area contributed by atoms with E-state index in [0.717, 1.165) is 36.8 Å². The Labute approximate surface area is 83.1 Å². The fourth-order valence-electron chi connectivity index (χ4n) is 2.19. The number of esters is 1. The number of carbonyl (C=O) groups is 1. The van der Waals surface area contributed by atoms with E-state index in [2.05, 4.69) is 4.74 Å². The van der Waals surface area contributed by atoms with Crippen LogP contribution in [-0.4, -0.2) is 24.3 Å². The van der Waals surface area contributed by atoms with E-state index >= 15 is 0 Å². The second-order valence-electron chi connectivity index (χ2n) is 3.74. The number of carbonyl (C=O) groups excluding carboxylic acids is 1. The third-order valence-corrected chi connectivity index (χ3v) is 2.96. The molecule has 1 N–H and O–H groups in total. The van der Waals surface area contributed by atoms with E-state index in [1.54, 1.807) is 0 Å². The summed E-state index contributed by atoms with van der Waals surface area (Å²) < 4.78 is 4.54. The van der Waals surface area contributed by atoms with Crippen LogP contribution in [0.3, 0.4) is 0 Å². The van der Waals surface area contributed by atoms with E-state index in [4.69, 9.17) is 0 Å². The molecule has 14 heavy (non-hydrogen) atoms. The fraction of sp³-hybridized carbons (Fsp3) is 0.545. The maximum Gasteiger partial charge on any atom is 0.330 e. The van der Waals surface area contributed by atoms with Gasteiger partial charge in [0.05, 0.1) is 7.11 Å². The van der Waals surface area contributed by atoms with Crippen LogP contribution in [0.5, 0.6) is 0 Å². The third-order valence-electron chi connectivity index (χ3n) is 2.96. The van der Waals surface area contributed by atoms with Gasteiger partial charge >= 0.3 is 5.97 Å². The van der Waals surface area contributed by atoms with Gasteiger partial charge in [-0.3, -0.25) is 0 Å². The van der Waals surface area contributed by atoms with Crippen molar-refractivity contribution in [3.05, 3.63) is 22.8 Å². The zero-order chi connectivity index (χ0) is 10.1. The van der Waals surface area contributed by atoms with Gasteiger partial charge in [-0.05, 0) is 42.4 Å². The lowest BCUT2D eigenvalue weighted by Gasteiger charge is -2.36. The molecule has 0 radical (unpaired) electrons. The number of rotatable bonds is 1. The molecule has 1 unspecified atom stereocenters. The highest BCUT2D eigenvalue weighted by molar-refractivity contribution is 5.85. The van der Waals surface area contributed by atoms with Gasteiger partial charge in [-0.25, -0.2) is 4.79 Å². The molecule has 2 aliphatic carbocycles. The van der Waals surface area contributed by atoms with Crippen LogP contribution in [0, 0.1) is 0 Å². The summed E-state index contributed by atoms with van der Waals surface area (Å²) in [6.07, 6.45) is 5.19. The summed E-state index contributed by atoms with van der Waals surface area (Å²) >= 11 is 0. The molecule has 0 aromatic heterocycles. The Bertz CT molecular complexity index is 325. The number of ether oxygens (including phenoxy) is 1. The molecule has 2 rings (SSSR count). The minimum atomic E-state index is -0.510. The molecule has 0 fully saturated rings. The topological polar surface area (TPSA) is 46.5 Å². The van der Waals surface area contributed by atoms with Crippen LogP contribution in [0.2, 0.25) is 0 Å². The van der Waals surface area contributed by atoms with Crippen molar-refractivity contribution in [2.45, 2.75) is 31.8 Å². The average molecular weight is 194 g/mol. The molecule has 76 valence electrons. The molecular formula is C11H14O3. The van der Waals surface area contributed by atoms with Crippen LogP contribution in [0.1, 0.15) is 25.7 Å². The maximum absolute atomic E-state index is 11.0. The van der Waals surface area contributed by atoms with Gasteiger partial charge in [-0.2, -0.15) is 0 Å². The highest BCUT2D eigenvalue weighted by Gasteiger charge is 2.34. The molecule has 0 aromatic rings. The zero-order valence-electron chi connectivity index (χ0n) is 8.25. The van der Waals surface area contributed by atoms with Crippen molar-refractivity contribution >= 4 is 5.97 Å². The summed E-state index contributed by atoms with van der Waals surface area (Å²) in [7, 11) is 1.35. The lowest BCUT2D eigenvalue weighted by atomic mass is 9.72. The number of hydrogen-bond donors (Lipinski definition) is 1. The van der Waals surface area contributed by atoms with Gasteiger partial charge in [-0.1, -0.05) is 0 Å². The number of aliphatic hydroxyl groups is 1. The van der Waals surface area contributed by atoms with Crippen molar-refractivity contribution in [2.75, 3.05) is 7.11 Å². The molecule has 1 atom stereocenters. The monoisotopic (exact) mass is 194 g/mol. The molecule has 3 nitrogen and oxygen atoms in total. The Morgan fingerprint density at radius 2 is 2.21 bits per heavy atom. The van der Waals surface area contributed by atoms with Gasteiger partial charge in [0.1, 0.15) is 6.10 Å². The van der Waals surface area contributed by atoms with Gasteiger partial charge in [0.2, 0.25) is 0 Å². The summed E-state index contributed by atoms with van der Waals surface area (Å²) in [5.74, 6) is -0.379. The lowest BCUT2D eigenvalue weighted by Crippen LogP contribution is -2.30. The standard InChI is InChI=1S/C11H14O3/c1-14-10(12)6-9-7-4-2-3-5-8(7)11(9)13/h6,11,13H,2-5H2,1H3/b9-6+. The van der Waals surface area contributed by atoms with Crippen LogP contribution < -0.4 is 0 Å². The van der Waals surface area contributed by atoms with Gasteiger partial charge in [0.25, 0.3) is 0 Å². The first kappa shape index (κ1) is 9.46. The zero-order valence-corrected chi connectivity index (χ0v) is 8.25. The lowest BCUT2D eigenvalue weighted by molar-refractivity contribution is -0.134. The average Bonchev–Trinajstić information content (AvgIpc) is 2.25. The quantitative estimate of drug-likeness (QED) is 0.506. The van der Waals surface area contributed by atoms with E-state index < -0.39 is 6.10 Å². The second kappa shape index (κ2) is 3.58. The highest BCUT2D eigenvalue weighted by Crippen LogP contribution is 2.43. The Morgan fingerprint density at radius 1 is 1.50 bits per heavy atom. The van der Waals surface area contributed by atoms with Crippen LogP contribution in [-0.2, 0) is 9.53 Å². The predicted octanol–water partition coefficient (Wildman–Crippen LogP) is 1.33. The third kappa shape index (κ3) is 1.38. The fourth-order valence-corrected chi connectivity index (χ4v) is 2.19. The molecule has 0 saturated heterocycles.